The minimum absolute atomic E-state index is 0.114. The van der Waals surface area contributed by atoms with Gasteiger partial charge in [0.2, 0.25) is 5.91 Å². The van der Waals surface area contributed by atoms with Gasteiger partial charge < -0.3 is 16.0 Å². The Bertz CT molecular complexity index is 318. The number of imidazole rings is 1. The number of nitrogens with zero attached hydrogens (tertiary/aromatic N) is 2. The molecule has 1 atom stereocenters. The van der Waals surface area contributed by atoms with E-state index >= 15 is 0 Å². The van der Waals surface area contributed by atoms with Crippen molar-refractivity contribution in [2.75, 3.05) is 0 Å². The minimum Gasteiger partial charge on any atom is -0.368 e. The normalized spacial score (nSPS) is 13.1. The Kier molecular flexibility index (Phi) is 3.24. The number of carbonyl (C=O) groups is 1. The highest BCUT2D eigenvalue weighted by Crippen LogP contribution is 2.17. The van der Waals surface area contributed by atoms with Crippen molar-refractivity contribution >= 4 is 5.91 Å². The van der Waals surface area contributed by atoms with E-state index in [0.717, 1.165) is 5.69 Å². The molecule has 0 saturated carbocycles. The first-order valence-corrected chi connectivity index (χ1v) is 4.56. The van der Waals surface area contributed by atoms with Crippen LogP contribution in [-0.2, 0) is 11.3 Å². The summed E-state index contributed by atoms with van der Waals surface area (Å²) in [6, 6.07) is -0.114. The molecule has 1 aromatic heterocycles. The molecule has 1 heterocycles. The highest BCUT2D eigenvalue weighted by molar-refractivity contribution is 5.73. The number of aromatic nitrogens is 2. The van der Waals surface area contributed by atoms with E-state index in [1.54, 1.807) is 17.1 Å². The van der Waals surface area contributed by atoms with Crippen molar-refractivity contribution in [2.24, 2.45) is 17.4 Å². The zero-order chi connectivity index (χ0) is 10.7. The summed E-state index contributed by atoms with van der Waals surface area (Å²) in [4.78, 5) is 14.7. The molecule has 0 radical (unpaired) electrons. The first kappa shape index (κ1) is 10.7. The van der Waals surface area contributed by atoms with Crippen LogP contribution in [0.4, 0.5) is 0 Å². The van der Waals surface area contributed by atoms with Gasteiger partial charge in [-0.15, -0.1) is 0 Å². The van der Waals surface area contributed by atoms with Gasteiger partial charge in [-0.1, -0.05) is 13.8 Å². The zero-order valence-electron chi connectivity index (χ0n) is 8.47. The maximum absolute atomic E-state index is 10.7. The highest BCUT2D eigenvalue weighted by atomic mass is 16.1. The predicted molar refractivity (Wildman–Crippen MR) is 53.2 cm³/mol. The number of hydrogen-bond donors (Lipinski definition) is 2. The second-order valence-electron chi connectivity index (χ2n) is 3.68. The van der Waals surface area contributed by atoms with Gasteiger partial charge in [0.1, 0.15) is 6.54 Å². The number of primary amides is 1. The average Bonchev–Trinajstić information content (AvgIpc) is 2.49. The quantitative estimate of drug-likeness (QED) is 0.712. The molecule has 1 unspecified atom stereocenters. The third kappa shape index (κ3) is 2.32. The molecule has 1 amide bonds. The number of hydrogen-bond acceptors (Lipinski definition) is 3. The summed E-state index contributed by atoms with van der Waals surface area (Å²) in [7, 11) is 0. The third-order valence-corrected chi connectivity index (χ3v) is 2.13. The van der Waals surface area contributed by atoms with Crippen molar-refractivity contribution in [3.05, 3.63) is 18.2 Å². The van der Waals surface area contributed by atoms with Crippen molar-refractivity contribution in [1.29, 1.82) is 0 Å². The van der Waals surface area contributed by atoms with Gasteiger partial charge in [0.05, 0.1) is 12.0 Å². The van der Waals surface area contributed by atoms with Crippen molar-refractivity contribution in [3.63, 3.8) is 0 Å². The van der Waals surface area contributed by atoms with Gasteiger partial charge in [-0.05, 0) is 5.92 Å². The minimum atomic E-state index is -0.389. The van der Waals surface area contributed by atoms with Crippen LogP contribution in [0.2, 0.25) is 0 Å². The predicted octanol–water partition coefficient (Wildman–Crippen LogP) is 0.0242. The van der Waals surface area contributed by atoms with Crippen LogP contribution < -0.4 is 11.5 Å². The van der Waals surface area contributed by atoms with Crippen LogP contribution in [0.25, 0.3) is 0 Å². The molecular weight excluding hydrogens is 180 g/mol. The summed E-state index contributed by atoms with van der Waals surface area (Å²) in [5.74, 6) is -0.0847. The van der Waals surface area contributed by atoms with E-state index in [-0.39, 0.29) is 18.5 Å². The molecule has 0 aromatic carbocycles. The molecule has 5 nitrogen and oxygen atoms in total. The monoisotopic (exact) mass is 196 g/mol. The first-order valence-electron chi connectivity index (χ1n) is 4.56. The summed E-state index contributed by atoms with van der Waals surface area (Å²) < 4.78 is 1.69. The van der Waals surface area contributed by atoms with Gasteiger partial charge in [0.15, 0.2) is 0 Å². The lowest BCUT2D eigenvalue weighted by molar-refractivity contribution is -0.118. The van der Waals surface area contributed by atoms with Gasteiger partial charge in [0, 0.05) is 12.2 Å². The van der Waals surface area contributed by atoms with Crippen LogP contribution in [0, 0.1) is 5.92 Å². The lowest BCUT2D eigenvalue weighted by Crippen LogP contribution is -2.24. The number of amides is 1. The molecule has 4 N–H and O–H groups in total. The van der Waals surface area contributed by atoms with Gasteiger partial charge in [0.25, 0.3) is 0 Å². The number of carbonyl (C=O) groups excluding carboxylic acids is 1. The van der Waals surface area contributed by atoms with Crippen LogP contribution in [0.15, 0.2) is 12.5 Å². The van der Waals surface area contributed by atoms with Gasteiger partial charge in [-0.3, -0.25) is 4.79 Å². The molecule has 0 fully saturated rings. The smallest absolute Gasteiger partial charge is 0.237 e. The van der Waals surface area contributed by atoms with Crippen molar-refractivity contribution in [2.45, 2.75) is 26.4 Å². The Hall–Kier alpha value is -1.36. The van der Waals surface area contributed by atoms with Crippen molar-refractivity contribution in [3.8, 4) is 0 Å². The zero-order valence-corrected chi connectivity index (χ0v) is 8.47. The summed E-state index contributed by atoms with van der Waals surface area (Å²) in [6.45, 7) is 4.17. The van der Waals surface area contributed by atoms with Crippen molar-refractivity contribution in [1.82, 2.24) is 9.55 Å². The largest absolute Gasteiger partial charge is 0.368 e. The first-order chi connectivity index (χ1) is 6.52. The fourth-order valence-corrected chi connectivity index (χ4v) is 1.25. The van der Waals surface area contributed by atoms with E-state index in [2.05, 4.69) is 4.98 Å². The van der Waals surface area contributed by atoms with E-state index in [1.807, 2.05) is 13.8 Å². The molecule has 0 aliphatic rings. The Balaban J connectivity index is 2.86. The molecule has 78 valence electrons. The Morgan fingerprint density at radius 2 is 2.29 bits per heavy atom. The summed E-state index contributed by atoms with van der Waals surface area (Å²) in [6.07, 6.45) is 3.25. The number of nitrogens with two attached hydrogens (primary N) is 2. The standard InChI is InChI=1S/C9H16N4O/c1-6(2)9(11)7-3-12-5-13(7)4-8(10)14/h3,5-6,9H,4,11H2,1-2H3,(H2,10,14). The van der Waals surface area contributed by atoms with Crippen LogP contribution in [-0.4, -0.2) is 15.5 Å². The van der Waals surface area contributed by atoms with E-state index in [1.165, 1.54) is 0 Å². The fourth-order valence-electron chi connectivity index (χ4n) is 1.25. The summed E-state index contributed by atoms with van der Waals surface area (Å²) >= 11 is 0. The highest BCUT2D eigenvalue weighted by Gasteiger charge is 2.15. The Morgan fingerprint density at radius 3 is 2.79 bits per heavy atom. The molecule has 14 heavy (non-hydrogen) atoms. The molecule has 0 aliphatic heterocycles. The van der Waals surface area contributed by atoms with Gasteiger partial charge >= 0.3 is 0 Å². The molecule has 0 bridgehead atoms. The lowest BCUT2D eigenvalue weighted by atomic mass is 10.0. The molecular formula is C9H16N4O. The summed E-state index contributed by atoms with van der Waals surface area (Å²) in [5.41, 5.74) is 11.9. The van der Waals surface area contributed by atoms with E-state index in [0.29, 0.717) is 5.92 Å². The van der Waals surface area contributed by atoms with E-state index < -0.39 is 0 Å². The SMILES string of the molecule is CC(C)C(N)c1cncn1CC(N)=O. The van der Waals surface area contributed by atoms with Crippen LogP contribution in [0.5, 0.6) is 0 Å². The molecule has 1 rings (SSSR count). The summed E-state index contributed by atoms with van der Waals surface area (Å²) in [5, 5.41) is 0. The molecule has 1 aromatic rings. The third-order valence-electron chi connectivity index (χ3n) is 2.13. The second kappa shape index (κ2) is 4.23. The van der Waals surface area contributed by atoms with E-state index in [9.17, 15) is 4.79 Å². The van der Waals surface area contributed by atoms with Crippen LogP contribution >= 0.6 is 0 Å². The fraction of sp³-hybridized carbons (Fsp3) is 0.556. The molecule has 5 heteroatoms. The van der Waals surface area contributed by atoms with Crippen LogP contribution in [0.1, 0.15) is 25.6 Å². The van der Waals surface area contributed by atoms with Crippen molar-refractivity contribution < 1.29 is 4.79 Å². The maximum Gasteiger partial charge on any atom is 0.237 e. The molecule has 0 spiro atoms. The Labute approximate surface area is 83.1 Å². The van der Waals surface area contributed by atoms with Gasteiger partial charge in [-0.25, -0.2) is 4.98 Å². The Morgan fingerprint density at radius 1 is 1.64 bits per heavy atom. The molecule has 0 saturated heterocycles. The number of rotatable bonds is 4. The second-order valence-corrected chi connectivity index (χ2v) is 3.68. The average molecular weight is 196 g/mol. The van der Waals surface area contributed by atoms with E-state index in [4.69, 9.17) is 11.5 Å². The molecule has 0 aliphatic carbocycles. The maximum atomic E-state index is 10.7. The topological polar surface area (TPSA) is 86.9 Å². The van der Waals surface area contributed by atoms with Gasteiger partial charge in [-0.2, -0.15) is 0 Å². The van der Waals surface area contributed by atoms with Crippen LogP contribution in [0.3, 0.4) is 0 Å². The lowest BCUT2D eigenvalue weighted by Gasteiger charge is -2.16.